The van der Waals surface area contributed by atoms with Crippen LogP contribution in [-0.4, -0.2) is 49.5 Å². The zero-order valence-electron chi connectivity index (χ0n) is 19.3. The van der Waals surface area contributed by atoms with Gasteiger partial charge in [-0.1, -0.05) is 25.0 Å². The van der Waals surface area contributed by atoms with Crippen molar-refractivity contribution in [3.05, 3.63) is 58.8 Å². The van der Waals surface area contributed by atoms with Gasteiger partial charge in [0.1, 0.15) is 22.8 Å². The minimum Gasteiger partial charge on any atom is -0.497 e. The van der Waals surface area contributed by atoms with Gasteiger partial charge in [-0.05, 0) is 62.6 Å². The predicted octanol–water partition coefficient (Wildman–Crippen LogP) is 4.86. The van der Waals surface area contributed by atoms with E-state index in [-0.39, 0.29) is 11.5 Å². The molecule has 1 aliphatic rings. The van der Waals surface area contributed by atoms with Crippen LogP contribution >= 0.6 is 0 Å². The van der Waals surface area contributed by atoms with Crippen molar-refractivity contribution in [3.8, 4) is 22.8 Å². The van der Waals surface area contributed by atoms with Crippen molar-refractivity contribution in [3.63, 3.8) is 0 Å². The summed E-state index contributed by atoms with van der Waals surface area (Å²) in [6.07, 6.45) is 6.17. The molecular formula is C27H33NO5. The Labute approximate surface area is 194 Å². The Bertz CT molecular complexity index is 1100. The second kappa shape index (κ2) is 11.3. The zero-order valence-corrected chi connectivity index (χ0v) is 19.3. The Hall–Kier alpha value is -2.83. The quantitative estimate of drug-likeness (QED) is 0.444. The third kappa shape index (κ3) is 6.36. The van der Waals surface area contributed by atoms with Crippen LogP contribution < -0.4 is 14.9 Å². The van der Waals surface area contributed by atoms with E-state index in [1.54, 1.807) is 19.2 Å². The van der Waals surface area contributed by atoms with Gasteiger partial charge in [-0.3, -0.25) is 4.79 Å². The molecule has 33 heavy (non-hydrogen) atoms. The number of nitrogens with zero attached hydrogens (tertiary/aromatic N) is 1. The number of aliphatic hydroxyl groups excluding tert-OH is 1. The van der Waals surface area contributed by atoms with Crippen LogP contribution in [0.1, 0.15) is 38.5 Å². The fourth-order valence-corrected chi connectivity index (χ4v) is 4.27. The summed E-state index contributed by atoms with van der Waals surface area (Å²) in [7, 11) is 1.61. The maximum atomic E-state index is 12.7. The molecule has 0 amide bonds. The fraction of sp³-hybridized carbons (Fsp3) is 0.444. The molecule has 0 aliphatic carbocycles. The summed E-state index contributed by atoms with van der Waals surface area (Å²) in [5.74, 6) is 1.92. The highest BCUT2D eigenvalue weighted by Crippen LogP contribution is 2.27. The number of rotatable bonds is 10. The zero-order chi connectivity index (χ0) is 23.0. The monoisotopic (exact) mass is 451 g/mol. The number of aliphatic hydroxyl groups is 1. The van der Waals surface area contributed by atoms with Gasteiger partial charge in [0.05, 0.1) is 25.2 Å². The molecule has 0 unspecified atom stereocenters. The largest absolute Gasteiger partial charge is 0.497 e. The molecule has 1 aromatic heterocycles. The molecule has 0 radical (unpaired) electrons. The van der Waals surface area contributed by atoms with E-state index in [9.17, 15) is 9.90 Å². The van der Waals surface area contributed by atoms with Gasteiger partial charge in [-0.25, -0.2) is 0 Å². The van der Waals surface area contributed by atoms with Crippen LogP contribution in [-0.2, 0) is 0 Å². The number of likely N-dealkylation sites (tertiary alicyclic amines) is 1. The lowest BCUT2D eigenvalue weighted by atomic mass is 10.1. The van der Waals surface area contributed by atoms with Gasteiger partial charge >= 0.3 is 0 Å². The summed E-state index contributed by atoms with van der Waals surface area (Å²) in [5, 5.41) is 10.1. The molecule has 0 saturated carbocycles. The highest BCUT2D eigenvalue weighted by atomic mass is 16.5. The van der Waals surface area contributed by atoms with Crippen molar-refractivity contribution in [2.24, 2.45) is 0 Å². The van der Waals surface area contributed by atoms with Crippen molar-refractivity contribution in [2.75, 3.05) is 33.4 Å². The molecule has 1 saturated heterocycles. The number of fused-ring (bicyclic) bond motifs is 1. The van der Waals surface area contributed by atoms with E-state index >= 15 is 0 Å². The van der Waals surface area contributed by atoms with Crippen LogP contribution in [0.5, 0.6) is 11.5 Å². The lowest BCUT2D eigenvalue weighted by Crippen LogP contribution is -2.36. The maximum Gasteiger partial charge on any atom is 0.193 e. The van der Waals surface area contributed by atoms with Crippen molar-refractivity contribution < 1.29 is 19.0 Å². The van der Waals surface area contributed by atoms with Crippen molar-refractivity contribution in [2.45, 2.75) is 44.6 Å². The summed E-state index contributed by atoms with van der Waals surface area (Å²) in [4.78, 5) is 15.2. The Kier molecular flexibility index (Phi) is 8.02. The SMILES string of the molecule is COc1cccc(-c2cc(=O)c3cc(OCCCCCCN4CCC(O)CC4)ccc3o2)c1. The molecule has 3 aromatic rings. The summed E-state index contributed by atoms with van der Waals surface area (Å²) in [6.45, 7) is 3.78. The van der Waals surface area contributed by atoms with Crippen LogP contribution in [0.25, 0.3) is 22.3 Å². The first-order valence-electron chi connectivity index (χ1n) is 11.9. The molecule has 1 N–H and O–H groups in total. The average Bonchev–Trinajstić information content (AvgIpc) is 2.84. The van der Waals surface area contributed by atoms with Gasteiger partial charge in [0.2, 0.25) is 0 Å². The van der Waals surface area contributed by atoms with E-state index in [0.717, 1.165) is 50.9 Å². The molecule has 0 spiro atoms. The van der Waals surface area contributed by atoms with Crippen LogP contribution in [0.15, 0.2) is 57.7 Å². The molecule has 1 aliphatic heterocycles. The van der Waals surface area contributed by atoms with E-state index in [0.29, 0.717) is 34.8 Å². The van der Waals surface area contributed by atoms with Gasteiger partial charge in [-0.15, -0.1) is 0 Å². The topological polar surface area (TPSA) is 72.1 Å². The van der Waals surface area contributed by atoms with Gasteiger partial charge in [0.25, 0.3) is 0 Å². The first kappa shape index (κ1) is 23.3. The number of benzene rings is 2. The molecule has 4 rings (SSSR count). The first-order chi connectivity index (χ1) is 16.1. The number of ether oxygens (including phenoxy) is 2. The van der Waals surface area contributed by atoms with Gasteiger partial charge < -0.3 is 23.9 Å². The normalized spacial score (nSPS) is 15.1. The summed E-state index contributed by atoms with van der Waals surface area (Å²) in [6, 6.07) is 14.4. The molecule has 0 atom stereocenters. The molecule has 2 heterocycles. The fourth-order valence-electron chi connectivity index (χ4n) is 4.27. The Morgan fingerprint density at radius 1 is 1.00 bits per heavy atom. The lowest BCUT2D eigenvalue weighted by molar-refractivity contribution is 0.0817. The number of methoxy groups -OCH3 is 1. The number of unbranched alkanes of at least 4 members (excludes halogenated alkanes) is 3. The van der Waals surface area contributed by atoms with Crippen molar-refractivity contribution in [1.82, 2.24) is 4.90 Å². The average molecular weight is 452 g/mol. The van der Waals surface area contributed by atoms with E-state index < -0.39 is 0 Å². The highest BCUT2D eigenvalue weighted by molar-refractivity contribution is 5.80. The second-order valence-electron chi connectivity index (χ2n) is 8.70. The molecule has 176 valence electrons. The van der Waals surface area contributed by atoms with E-state index in [1.807, 2.05) is 30.3 Å². The predicted molar refractivity (Wildman–Crippen MR) is 130 cm³/mol. The van der Waals surface area contributed by atoms with E-state index in [4.69, 9.17) is 13.9 Å². The minimum atomic E-state index is -0.102. The molecule has 0 bridgehead atoms. The van der Waals surface area contributed by atoms with Crippen LogP contribution in [0.2, 0.25) is 0 Å². The lowest BCUT2D eigenvalue weighted by Gasteiger charge is -2.29. The van der Waals surface area contributed by atoms with Crippen LogP contribution in [0.3, 0.4) is 0 Å². The molecule has 2 aromatic carbocycles. The smallest absolute Gasteiger partial charge is 0.193 e. The minimum absolute atomic E-state index is 0.0928. The molecule has 6 nitrogen and oxygen atoms in total. The summed E-state index contributed by atoms with van der Waals surface area (Å²) >= 11 is 0. The van der Waals surface area contributed by atoms with Crippen LogP contribution in [0, 0.1) is 0 Å². The Morgan fingerprint density at radius 2 is 1.82 bits per heavy atom. The number of piperidine rings is 1. The molecule has 1 fully saturated rings. The Balaban J connectivity index is 1.26. The van der Waals surface area contributed by atoms with Crippen molar-refractivity contribution in [1.29, 1.82) is 0 Å². The Morgan fingerprint density at radius 3 is 2.64 bits per heavy atom. The first-order valence-corrected chi connectivity index (χ1v) is 11.9. The van der Waals surface area contributed by atoms with E-state index in [2.05, 4.69) is 4.90 Å². The van der Waals surface area contributed by atoms with Crippen LogP contribution in [0.4, 0.5) is 0 Å². The van der Waals surface area contributed by atoms with Gasteiger partial charge in [-0.2, -0.15) is 0 Å². The number of hydrogen-bond acceptors (Lipinski definition) is 6. The summed E-state index contributed by atoms with van der Waals surface area (Å²) in [5.41, 5.74) is 1.24. The molecular weight excluding hydrogens is 418 g/mol. The van der Waals surface area contributed by atoms with Gasteiger partial charge in [0, 0.05) is 24.7 Å². The summed E-state index contributed by atoms with van der Waals surface area (Å²) < 4.78 is 17.1. The van der Waals surface area contributed by atoms with Crippen molar-refractivity contribution >= 4 is 11.0 Å². The third-order valence-electron chi connectivity index (χ3n) is 6.25. The maximum absolute atomic E-state index is 12.7. The standard InChI is InChI=1S/C27H33NO5/c1-31-22-8-6-7-20(17-22)27-19-25(30)24-18-23(9-10-26(24)33-27)32-16-5-3-2-4-13-28-14-11-21(29)12-15-28/h6-10,17-19,21,29H,2-5,11-16H2,1H3. The van der Waals surface area contributed by atoms with E-state index in [1.165, 1.54) is 18.9 Å². The number of hydrogen-bond donors (Lipinski definition) is 1. The highest BCUT2D eigenvalue weighted by Gasteiger charge is 2.16. The third-order valence-corrected chi connectivity index (χ3v) is 6.25. The molecule has 6 heteroatoms. The second-order valence-corrected chi connectivity index (χ2v) is 8.70. The van der Waals surface area contributed by atoms with Gasteiger partial charge in [0.15, 0.2) is 5.43 Å².